The highest BCUT2D eigenvalue weighted by atomic mass is 16.2. The number of amides is 1. The fourth-order valence-corrected chi connectivity index (χ4v) is 3.56. The zero-order chi connectivity index (χ0) is 20.4. The molecule has 1 saturated heterocycles. The summed E-state index contributed by atoms with van der Waals surface area (Å²) in [5, 5.41) is 15.6. The van der Waals surface area contributed by atoms with Crippen molar-refractivity contribution in [2.75, 3.05) is 18.4 Å². The highest BCUT2D eigenvalue weighted by Crippen LogP contribution is 2.23. The number of carbonyl (C=O) groups is 1. The highest BCUT2D eigenvalue weighted by Gasteiger charge is 2.20. The predicted octanol–water partition coefficient (Wildman–Crippen LogP) is 3.68. The summed E-state index contributed by atoms with van der Waals surface area (Å²) in [5.41, 5.74) is 3.44. The first-order valence-corrected chi connectivity index (χ1v) is 10.3. The van der Waals surface area contributed by atoms with Crippen molar-refractivity contribution in [1.82, 2.24) is 24.9 Å². The maximum atomic E-state index is 12.9. The SMILES string of the molecule is Cc1ccc(-n2nc(C(C)C)cc2NC(=O)c2ccn(C3CCCNC3)n2)cc1. The van der Waals surface area contributed by atoms with Gasteiger partial charge in [-0.25, -0.2) is 4.68 Å². The minimum atomic E-state index is -0.226. The van der Waals surface area contributed by atoms with E-state index in [1.807, 2.05) is 48.1 Å². The zero-order valence-electron chi connectivity index (χ0n) is 17.2. The second-order valence-electron chi connectivity index (χ2n) is 7.99. The minimum Gasteiger partial charge on any atom is -0.315 e. The van der Waals surface area contributed by atoms with Crippen LogP contribution in [0, 0.1) is 6.92 Å². The number of benzene rings is 1. The molecule has 0 bridgehead atoms. The van der Waals surface area contributed by atoms with E-state index in [9.17, 15) is 4.79 Å². The van der Waals surface area contributed by atoms with Gasteiger partial charge in [-0.05, 0) is 50.4 Å². The Bertz CT molecular complexity index is 979. The second-order valence-corrected chi connectivity index (χ2v) is 7.99. The average molecular weight is 393 g/mol. The third-order valence-corrected chi connectivity index (χ3v) is 5.33. The molecule has 2 aromatic heterocycles. The van der Waals surface area contributed by atoms with Gasteiger partial charge in [-0.15, -0.1) is 0 Å². The number of aryl methyl sites for hydroxylation is 1. The standard InChI is InChI=1S/C22H28N6O/c1-15(2)20-13-21(28(26-20)17-8-6-16(3)7-9-17)24-22(29)19-10-12-27(25-19)18-5-4-11-23-14-18/h6-10,12-13,15,18,23H,4-5,11,14H2,1-3H3,(H,24,29). The Balaban J connectivity index is 1.57. The first-order chi connectivity index (χ1) is 14.0. The predicted molar refractivity (Wildman–Crippen MR) is 114 cm³/mol. The van der Waals surface area contributed by atoms with Gasteiger partial charge in [0.25, 0.3) is 5.91 Å². The molecule has 1 aromatic carbocycles. The normalized spacial score (nSPS) is 16.9. The van der Waals surface area contributed by atoms with Gasteiger partial charge in [0.2, 0.25) is 0 Å². The van der Waals surface area contributed by atoms with Crippen LogP contribution in [-0.4, -0.2) is 38.6 Å². The van der Waals surface area contributed by atoms with E-state index in [4.69, 9.17) is 5.10 Å². The van der Waals surface area contributed by atoms with Crippen LogP contribution >= 0.6 is 0 Å². The number of piperidine rings is 1. The Kier molecular flexibility index (Phi) is 5.49. The molecule has 29 heavy (non-hydrogen) atoms. The minimum absolute atomic E-state index is 0.226. The van der Waals surface area contributed by atoms with Crippen LogP contribution in [0.3, 0.4) is 0 Å². The van der Waals surface area contributed by atoms with Gasteiger partial charge in [0, 0.05) is 18.8 Å². The van der Waals surface area contributed by atoms with Crippen molar-refractivity contribution >= 4 is 11.7 Å². The van der Waals surface area contributed by atoms with Crippen LogP contribution in [-0.2, 0) is 0 Å². The third-order valence-electron chi connectivity index (χ3n) is 5.33. The van der Waals surface area contributed by atoms with Crippen molar-refractivity contribution in [3.05, 3.63) is 59.5 Å². The van der Waals surface area contributed by atoms with Crippen LogP contribution < -0.4 is 10.6 Å². The molecule has 7 heteroatoms. The van der Waals surface area contributed by atoms with Crippen molar-refractivity contribution in [2.24, 2.45) is 0 Å². The van der Waals surface area contributed by atoms with E-state index in [0.29, 0.717) is 17.6 Å². The summed E-state index contributed by atoms with van der Waals surface area (Å²) in [5.74, 6) is 0.683. The van der Waals surface area contributed by atoms with Crippen LogP contribution in [0.4, 0.5) is 5.82 Å². The maximum Gasteiger partial charge on any atom is 0.277 e. The summed E-state index contributed by atoms with van der Waals surface area (Å²) in [7, 11) is 0. The van der Waals surface area contributed by atoms with Crippen LogP contribution in [0.5, 0.6) is 0 Å². The van der Waals surface area contributed by atoms with Crippen LogP contribution in [0.2, 0.25) is 0 Å². The number of aromatic nitrogens is 4. The summed E-state index contributed by atoms with van der Waals surface area (Å²) in [6.45, 7) is 8.17. The van der Waals surface area contributed by atoms with E-state index in [1.54, 1.807) is 10.7 Å². The van der Waals surface area contributed by atoms with E-state index in [0.717, 1.165) is 37.3 Å². The molecular weight excluding hydrogens is 364 g/mol. The number of anilines is 1. The summed E-state index contributed by atoms with van der Waals surface area (Å²) < 4.78 is 3.69. The number of nitrogens with zero attached hydrogens (tertiary/aromatic N) is 4. The van der Waals surface area contributed by atoms with Crippen molar-refractivity contribution in [2.45, 2.75) is 45.6 Å². The summed E-state index contributed by atoms with van der Waals surface area (Å²) >= 11 is 0. The van der Waals surface area contributed by atoms with Gasteiger partial charge in [0.1, 0.15) is 5.82 Å². The smallest absolute Gasteiger partial charge is 0.277 e. The Hall–Kier alpha value is -2.93. The fraction of sp³-hybridized carbons (Fsp3) is 0.409. The van der Waals surface area contributed by atoms with Crippen LogP contribution in [0.15, 0.2) is 42.6 Å². The molecular formula is C22H28N6O. The van der Waals surface area contributed by atoms with Gasteiger partial charge in [-0.2, -0.15) is 10.2 Å². The maximum absolute atomic E-state index is 12.9. The molecule has 0 saturated carbocycles. The average Bonchev–Trinajstić information content (AvgIpc) is 3.37. The number of nitrogens with one attached hydrogen (secondary N) is 2. The fourth-order valence-electron chi connectivity index (χ4n) is 3.56. The molecule has 1 amide bonds. The van der Waals surface area contributed by atoms with Crippen molar-refractivity contribution in [3.8, 4) is 5.69 Å². The van der Waals surface area contributed by atoms with Gasteiger partial charge in [0.05, 0.1) is 17.4 Å². The molecule has 2 N–H and O–H groups in total. The van der Waals surface area contributed by atoms with Gasteiger partial charge in [-0.3, -0.25) is 9.48 Å². The molecule has 0 aliphatic carbocycles. The van der Waals surface area contributed by atoms with E-state index < -0.39 is 0 Å². The lowest BCUT2D eigenvalue weighted by atomic mass is 10.1. The van der Waals surface area contributed by atoms with E-state index in [2.05, 4.69) is 29.6 Å². The summed E-state index contributed by atoms with van der Waals surface area (Å²) in [4.78, 5) is 12.9. The van der Waals surface area contributed by atoms with Crippen molar-refractivity contribution < 1.29 is 4.79 Å². The molecule has 1 aliphatic rings. The van der Waals surface area contributed by atoms with Crippen LogP contribution in [0.25, 0.3) is 5.69 Å². The van der Waals surface area contributed by atoms with E-state index >= 15 is 0 Å². The molecule has 1 aliphatic heterocycles. The monoisotopic (exact) mass is 392 g/mol. The summed E-state index contributed by atoms with van der Waals surface area (Å²) in [6, 6.07) is 12.1. The molecule has 3 aromatic rings. The van der Waals surface area contributed by atoms with Gasteiger partial charge >= 0.3 is 0 Å². The third kappa shape index (κ3) is 4.24. The molecule has 7 nitrogen and oxygen atoms in total. The Labute approximate surface area is 171 Å². The molecule has 3 heterocycles. The molecule has 0 radical (unpaired) electrons. The molecule has 152 valence electrons. The Morgan fingerprint density at radius 1 is 1.21 bits per heavy atom. The quantitative estimate of drug-likeness (QED) is 0.694. The molecule has 1 unspecified atom stereocenters. The van der Waals surface area contributed by atoms with Crippen molar-refractivity contribution in [1.29, 1.82) is 0 Å². The number of rotatable bonds is 5. The van der Waals surface area contributed by atoms with E-state index in [1.165, 1.54) is 5.56 Å². The largest absolute Gasteiger partial charge is 0.315 e. The van der Waals surface area contributed by atoms with Gasteiger partial charge < -0.3 is 10.6 Å². The molecule has 0 spiro atoms. The van der Waals surface area contributed by atoms with E-state index in [-0.39, 0.29) is 11.8 Å². The first kappa shape index (κ1) is 19.4. The molecule has 4 rings (SSSR count). The van der Waals surface area contributed by atoms with Gasteiger partial charge in [0.15, 0.2) is 5.69 Å². The number of hydrogen-bond acceptors (Lipinski definition) is 4. The second kappa shape index (κ2) is 8.21. The Morgan fingerprint density at radius 2 is 2.00 bits per heavy atom. The molecule has 1 fully saturated rings. The Morgan fingerprint density at radius 3 is 2.69 bits per heavy atom. The summed E-state index contributed by atoms with van der Waals surface area (Å²) in [6.07, 6.45) is 4.09. The lowest BCUT2D eigenvalue weighted by molar-refractivity contribution is 0.102. The first-order valence-electron chi connectivity index (χ1n) is 10.3. The molecule has 1 atom stereocenters. The lowest BCUT2D eigenvalue weighted by Crippen LogP contribution is -2.32. The number of hydrogen-bond donors (Lipinski definition) is 2. The lowest BCUT2D eigenvalue weighted by Gasteiger charge is -2.22. The topological polar surface area (TPSA) is 76.8 Å². The number of carbonyl (C=O) groups excluding carboxylic acids is 1. The van der Waals surface area contributed by atoms with Gasteiger partial charge in [-0.1, -0.05) is 31.5 Å². The zero-order valence-corrected chi connectivity index (χ0v) is 17.2. The van der Waals surface area contributed by atoms with Crippen LogP contribution in [0.1, 0.15) is 60.4 Å². The highest BCUT2D eigenvalue weighted by molar-refractivity contribution is 6.02. The van der Waals surface area contributed by atoms with Crippen molar-refractivity contribution in [3.63, 3.8) is 0 Å².